The molecule has 0 amide bonds. The van der Waals surface area contributed by atoms with Crippen molar-refractivity contribution in [1.29, 1.82) is 0 Å². The van der Waals surface area contributed by atoms with E-state index < -0.39 is 0 Å². The standard InChI is InChI=1S/C11H11N3OS/c1-8-4-6-13-11(14-8)16-10-9(7-15)3-2-5-12-10/h2-6,15H,7H2,1H3. The Morgan fingerprint density at radius 2 is 2.12 bits per heavy atom. The van der Waals surface area contributed by atoms with E-state index >= 15 is 0 Å². The SMILES string of the molecule is Cc1ccnc(Sc2ncccc2CO)n1. The van der Waals surface area contributed by atoms with Crippen molar-refractivity contribution in [3.63, 3.8) is 0 Å². The number of pyridine rings is 1. The molecular formula is C11H11N3OS. The fraction of sp³-hybridized carbons (Fsp3) is 0.182. The summed E-state index contributed by atoms with van der Waals surface area (Å²) in [5.41, 5.74) is 1.71. The lowest BCUT2D eigenvalue weighted by Gasteiger charge is -2.04. The molecule has 0 saturated carbocycles. The van der Waals surface area contributed by atoms with Crippen LogP contribution in [0.4, 0.5) is 0 Å². The summed E-state index contributed by atoms with van der Waals surface area (Å²) in [4.78, 5) is 12.6. The van der Waals surface area contributed by atoms with E-state index in [1.54, 1.807) is 18.5 Å². The van der Waals surface area contributed by atoms with Crippen molar-refractivity contribution in [3.8, 4) is 0 Å². The molecule has 0 spiro atoms. The van der Waals surface area contributed by atoms with Gasteiger partial charge in [0.05, 0.1) is 6.61 Å². The predicted octanol–water partition coefficient (Wildman–Crippen LogP) is 1.82. The highest BCUT2D eigenvalue weighted by molar-refractivity contribution is 7.99. The van der Waals surface area contributed by atoms with Crippen LogP contribution in [0.25, 0.3) is 0 Å². The average molecular weight is 233 g/mol. The van der Waals surface area contributed by atoms with Crippen LogP contribution >= 0.6 is 11.8 Å². The first kappa shape index (κ1) is 11.0. The summed E-state index contributed by atoms with van der Waals surface area (Å²) in [6.07, 6.45) is 3.41. The normalized spacial score (nSPS) is 10.4. The number of nitrogens with zero attached hydrogens (tertiary/aromatic N) is 3. The third-order valence-corrected chi connectivity index (χ3v) is 2.92. The van der Waals surface area contributed by atoms with Gasteiger partial charge in [0.2, 0.25) is 0 Å². The van der Waals surface area contributed by atoms with Gasteiger partial charge in [0.1, 0.15) is 5.03 Å². The molecular weight excluding hydrogens is 222 g/mol. The Kier molecular flexibility index (Phi) is 3.48. The largest absolute Gasteiger partial charge is 0.392 e. The highest BCUT2D eigenvalue weighted by Crippen LogP contribution is 2.25. The van der Waals surface area contributed by atoms with Gasteiger partial charge in [-0.1, -0.05) is 6.07 Å². The molecule has 0 aliphatic carbocycles. The molecule has 0 aromatic carbocycles. The van der Waals surface area contributed by atoms with Gasteiger partial charge in [0, 0.05) is 23.7 Å². The summed E-state index contributed by atoms with van der Waals surface area (Å²) in [6.45, 7) is 1.89. The number of hydrogen-bond acceptors (Lipinski definition) is 5. The molecule has 0 fully saturated rings. The highest BCUT2D eigenvalue weighted by atomic mass is 32.2. The van der Waals surface area contributed by atoms with Crippen molar-refractivity contribution in [2.75, 3.05) is 0 Å². The molecule has 0 radical (unpaired) electrons. The third kappa shape index (κ3) is 2.56. The van der Waals surface area contributed by atoms with Gasteiger partial charge in [-0.3, -0.25) is 0 Å². The molecule has 5 heteroatoms. The lowest BCUT2D eigenvalue weighted by atomic mass is 10.3. The Hall–Kier alpha value is -1.46. The van der Waals surface area contributed by atoms with Crippen molar-refractivity contribution in [1.82, 2.24) is 15.0 Å². The minimum absolute atomic E-state index is 0.0258. The second kappa shape index (κ2) is 5.05. The summed E-state index contributed by atoms with van der Waals surface area (Å²) in [5.74, 6) is 0. The van der Waals surface area contributed by atoms with Crippen LogP contribution in [0.15, 0.2) is 40.8 Å². The van der Waals surface area contributed by atoms with Crippen molar-refractivity contribution < 1.29 is 5.11 Å². The third-order valence-electron chi connectivity index (χ3n) is 1.98. The lowest BCUT2D eigenvalue weighted by molar-refractivity contribution is 0.278. The Labute approximate surface area is 97.8 Å². The molecule has 0 bridgehead atoms. The van der Waals surface area contributed by atoms with E-state index in [0.29, 0.717) is 5.16 Å². The highest BCUT2D eigenvalue weighted by Gasteiger charge is 2.06. The lowest BCUT2D eigenvalue weighted by Crippen LogP contribution is -1.93. The summed E-state index contributed by atoms with van der Waals surface area (Å²) in [6, 6.07) is 5.48. The number of aliphatic hydroxyl groups is 1. The second-order valence-electron chi connectivity index (χ2n) is 3.21. The summed E-state index contributed by atoms with van der Waals surface area (Å²) in [7, 11) is 0. The van der Waals surface area contributed by atoms with Crippen LogP contribution in [-0.4, -0.2) is 20.1 Å². The Morgan fingerprint density at radius 1 is 1.25 bits per heavy atom. The fourth-order valence-electron chi connectivity index (χ4n) is 1.20. The van der Waals surface area contributed by atoms with Gasteiger partial charge in [-0.2, -0.15) is 0 Å². The van der Waals surface area contributed by atoms with E-state index in [9.17, 15) is 0 Å². The van der Waals surface area contributed by atoms with Gasteiger partial charge in [-0.05, 0) is 30.8 Å². The van der Waals surface area contributed by atoms with Crippen LogP contribution in [0.3, 0.4) is 0 Å². The minimum Gasteiger partial charge on any atom is -0.392 e. The van der Waals surface area contributed by atoms with E-state index in [2.05, 4.69) is 15.0 Å². The van der Waals surface area contributed by atoms with E-state index in [-0.39, 0.29) is 6.61 Å². The van der Waals surface area contributed by atoms with Crippen LogP contribution in [-0.2, 0) is 6.61 Å². The van der Waals surface area contributed by atoms with Crippen LogP contribution < -0.4 is 0 Å². The second-order valence-corrected chi connectivity index (χ2v) is 4.16. The molecule has 0 saturated heterocycles. The van der Waals surface area contributed by atoms with Crippen LogP contribution in [0.5, 0.6) is 0 Å². The Bertz CT molecular complexity index is 490. The topological polar surface area (TPSA) is 58.9 Å². The van der Waals surface area contributed by atoms with Crippen molar-refractivity contribution >= 4 is 11.8 Å². The fourth-order valence-corrected chi connectivity index (χ4v) is 2.05. The maximum absolute atomic E-state index is 9.16. The molecule has 0 unspecified atom stereocenters. The quantitative estimate of drug-likeness (QED) is 0.819. The van der Waals surface area contributed by atoms with Crippen molar-refractivity contribution in [3.05, 3.63) is 41.9 Å². The molecule has 2 aromatic rings. The smallest absolute Gasteiger partial charge is 0.194 e. The molecule has 16 heavy (non-hydrogen) atoms. The molecule has 2 heterocycles. The summed E-state index contributed by atoms with van der Waals surface area (Å²) < 4.78 is 0. The molecule has 4 nitrogen and oxygen atoms in total. The molecule has 2 aromatic heterocycles. The first-order valence-electron chi connectivity index (χ1n) is 4.82. The van der Waals surface area contributed by atoms with Crippen LogP contribution in [0, 0.1) is 6.92 Å². The van der Waals surface area contributed by atoms with E-state index in [4.69, 9.17) is 5.11 Å². The summed E-state index contributed by atoms with van der Waals surface area (Å²) in [5, 5.41) is 10.5. The average Bonchev–Trinajstić information content (AvgIpc) is 2.30. The number of aromatic nitrogens is 3. The molecule has 0 aliphatic heterocycles. The molecule has 2 rings (SSSR count). The zero-order valence-corrected chi connectivity index (χ0v) is 9.61. The van der Waals surface area contributed by atoms with Gasteiger partial charge in [-0.25, -0.2) is 15.0 Å². The predicted molar refractivity (Wildman–Crippen MR) is 61.1 cm³/mol. The Morgan fingerprint density at radius 3 is 2.88 bits per heavy atom. The van der Waals surface area contributed by atoms with E-state index in [1.165, 1.54) is 11.8 Å². The van der Waals surface area contributed by atoms with Gasteiger partial charge < -0.3 is 5.11 Å². The minimum atomic E-state index is -0.0258. The zero-order valence-electron chi connectivity index (χ0n) is 8.79. The van der Waals surface area contributed by atoms with E-state index in [0.717, 1.165) is 16.3 Å². The van der Waals surface area contributed by atoms with Gasteiger partial charge in [-0.15, -0.1) is 0 Å². The van der Waals surface area contributed by atoms with Gasteiger partial charge in [0.25, 0.3) is 0 Å². The monoisotopic (exact) mass is 233 g/mol. The first-order chi connectivity index (χ1) is 7.79. The number of rotatable bonds is 3. The van der Waals surface area contributed by atoms with Crippen molar-refractivity contribution in [2.45, 2.75) is 23.7 Å². The van der Waals surface area contributed by atoms with E-state index in [1.807, 2.05) is 19.1 Å². The Balaban J connectivity index is 2.26. The number of aliphatic hydroxyl groups excluding tert-OH is 1. The molecule has 82 valence electrons. The van der Waals surface area contributed by atoms with Crippen LogP contribution in [0.2, 0.25) is 0 Å². The number of hydrogen-bond donors (Lipinski definition) is 1. The molecule has 1 N–H and O–H groups in total. The first-order valence-corrected chi connectivity index (χ1v) is 5.63. The van der Waals surface area contributed by atoms with Gasteiger partial charge >= 0.3 is 0 Å². The summed E-state index contributed by atoms with van der Waals surface area (Å²) >= 11 is 1.36. The van der Waals surface area contributed by atoms with Gasteiger partial charge in [0.15, 0.2) is 5.16 Å². The number of aryl methyl sites for hydroxylation is 1. The maximum Gasteiger partial charge on any atom is 0.194 e. The van der Waals surface area contributed by atoms with Crippen LogP contribution in [0.1, 0.15) is 11.3 Å². The van der Waals surface area contributed by atoms with Crippen molar-refractivity contribution in [2.24, 2.45) is 0 Å². The molecule has 0 aliphatic rings. The zero-order chi connectivity index (χ0) is 11.4. The molecule has 0 atom stereocenters. The maximum atomic E-state index is 9.16.